The maximum absolute atomic E-state index is 14.1. The van der Waals surface area contributed by atoms with Crippen molar-refractivity contribution in [3.05, 3.63) is 67.8 Å². The van der Waals surface area contributed by atoms with Gasteiger partial charge in [-0.05, 0) is 37.5 Å². The monoisotopic (exact) mass is 388 g/mol. The molecule has 0 saturated carbocycles. The summed E-state index contributed by atoms with van der Waals surface area (Å²) in [4.78, 5) is 30.4. The number of aromatic nitrogens is 4. The molecule has 0 aliphatic carbocycles. The van der Waals surface area contributed by atoms with E-state index in [9.17, 15) is 18.4 Å². The van der Waals surface area contributed by atoms with Gasteiger partial charge in [0.15, 0.2) is 0 Å². The summed E-state index contributed by atoms with van der Waals surface area (Å²) in [5.41, 5.74) is -0.528. The molecule has 0 saturated heterocycles. The van der Waals surface area contributed by atoms with Gasteiger partial charge < -0.3 is 4.52 Å². The van der Waals surface area contributed by atoms with Crippen molar-refractivity contribution in [1.82, 2.24) is 19.3 Å². The molecule has 0 bridgehead atoms. The van der Waals surface area contributed by atoms with E-state index in [0.29, 0.717) is 18.7 Å². The van der Waals surface area contributed by atoms with Gasteiger partial charge in [-0.15, -0.1) is 0 Å². The highest BCUT2D eigenvalue weighted by molar-refractivity contribution is 5.56. The lowest BCUT2D eigenvalue weighted by atomic mass is 10.1. The van der Waals surface area contributed by atoms with Gasteiger partial charge in [-0.2, -0.15) is 4.98 Å². The third kappa shape index (κ3) is 3.17. The molecule has 0 radical (unpaired) electrons. The molecule has 7 nitrogen and oxygen atoms in total. The number of halogens is 2. The van der Waals surface area contributed by atoms with Gasteiger partial charge in [-0.1, -0.05) is 11.6 Å². The molecule has 9 heteroatoms. The van der Waals surface area contributed by atoms with Crippen LogP contribution in [0.25, 0.3) is 11.4 Å². The van der Waals surface area contributed by atoms with Crippen molar-refractivity contribution in [3.8, 4) is 11.4 Å². The zero-order chi connectivity index (χ0) is 19.8. The van der Waals surface area contributed by atoms with Crippen LogP contribution in [0.3, 0.4) is 0 Å². The van der Waals surface area contributed by atoms with E-state index in [0.717, 1.165) is 42.0 Å². The summed E-state index contributed by atoms with van der Waals surface area (Å²) in [6.45, 7) is 1.65. The SMILES string of the molecule is Cc1nc(-c2c3n(c(=O)n(Cc4cc(F)ccc4F)c2=O)CCCCC3)no1. The number of aryl methyl sites for hydroxylation is 1. The summed E-state index contributed by atoms with van der Waals surface area (Å²) in [5.74, 6) is -0.949. The summed E-state index contributed by atoms with van der Waals surface area (Å²) >= 11 is 0. The lowest BCUT2D eigenvalue weighted by molar-refractivity contribution is 0.394. The van der Waals surface area contributed by atoms with Crippen molar-refractivity contribution in [3.63, 3.8) is 0 Å². The van der Waals surface area contributed by atoms with Gasteiger partial charge in [-0.3, -0.25) is 13.9 Å². The Balaban J connectivity index is 1.97. The molecule has 4 rings (SSSR count). The second-order valence-corrected chi connectivity index (χ2v) is 6.83. The zero-order valence-electron chi connectivity index (χ0n) is 15.2. The molecule has 3 aromatic rings. The minimum absolute atomic E-state index is 0.0800. The summed E-state index contributed by atoms with van der Waals surface area (Å²) < 4.78 is 35.1. The Bertz CT molecular complexity index is 1160. The normalized spacial score (nSPS) is 14.0. The minimum atomic E-state index is -0.690. The van der Waals surface area contributed by atoms with Gasteiger partial charge in [0.2, 0.25) is 11.7 Å². The fourth-order valence-corrected chi connectivity index (χ4v) is 3.57. The molecule has 0 fully saturated rings. The zero-order valence-corrected chi connectivity index (χ0v) is 15.2. The summed E-state index contributed by atoms with van der Waals surface area (Å²) in [6, 6.07) is 2.94. The first-order valence-corrected chi connectivity index (χ1v) is 9.07. The molecule has 1 aromatic carbocycles. The van der Waals surface area contributed by atoms with E-state index < -0.39 is 22.9 Å². The molecule has 0 amide bonds. The van der Waals surface area contributed by atoms with Crippen molar-refractivity contribution >= 4 is 0 Å². The summed E-state index contributed by atoms with van der Waals surface area (Å²) in [7, 11) is 0. The minimum Gasteiger partial charge on any atom is -0.339 e. The first kappa shape index (κ1) is 18.3. The van der Waals surface area contributed by atoms with Crippen LogP contribution in [0, 0.1) is 18.6 Å². The van der Waals surface area contributed by atoms with Crippen molar-refractivity contribution in [1.29, 1.82) is 0 Å². The Morgan fingerprint density at radius 1 is 1.18 bits per heavy atom. The highest BCUT2D eigenvalue weighted by atomic mass is 19.1. The number of fused-ring (bicyclic) bond motifs is 1. The maximum atomic E-state index is 14.1. The number of hydrogen-bond acceptors (Lipinski definition) is 5. The lowest BCUT2D eigenvalue weighted by Gasteiger charge is -2.16. The number of rotatable bonds is 3. The van der Waals surface area contributed by atoms with Gasteiger partial charge >= 0.3 is 5.69 Å². The fourth-order valence-electron chi connectivity index (χ4n) is 3.57. The molecule has 0 N–H and O–H groups in total. The Kier molecular flexibility index (Phi) is 4.66. The van der Waals surface area contributed by atoms with Crippen LogP contribution < -0.4 is 11.2 Å². The molecule has 0 atom stereocenters. The largest absolute Gasteiger partial charge is 0.339 e. The predicted molar refractivity (Wildman–Crippen MR) is 96.0 cm³/mol. The summed E-state index contributed by atoms with van der Waals surface area (Å²) in [6.07, 6.45) is 3.05. The second-order valence-electron chi connectivity index (χ2n) is 6.83. The first-order chi connectivity index (χ1) is 13.5. The molecule has 0 unspecified atom stereocenters. The van der Waals surface area contributed by atoms with Gasteiger partial charge in [0.05, 0.1) is 6.54 Å². The molecule has 28 heavy (non-hydrogen) atoms. The lowest BCUT2D eigenvalue weighted by Crippen LogP contribution is -2.43. The van der Waals surface area contributed by atoms with E-state index in [1.54, 1.807) is 6.92 Å². The predicted octanol–water partition coefficient (Wildman–Crippen LogP) is 2.42. The standard InChI is InChI=1S/C19H18F2N4O3/c1-11-22-17(23-28-11)16-15-5-3-2-4-8-24(15)19(27)25(18(16)26)10-12-9-13(20)6-7-14(12)21/h6-7,9H,2-5,8,10H2,1H3. The van der Waals surface area contributed by atoms with Crippen LogP contribution in [0.2, 0.25) is 0 Å². The van der Waals surface area contributed by atoms with Crippen molar-refractivity contribution < 1.29 is 13.3 Å². The van der Waals surface area contributed by atoms with E-state index in [1.807, 2.05) is 0 Å². The molecule has 3 heterocycles. The Labute approximate surface area is 158 Å². The third-order valence-corrected chi connectivity index (χ3v) is 4.92. The number of hydrogen-bond donors (Lipinski definition) is 0. The van der Waals surface area contributed by atoms with Crippen molar-refractivity contribution in [2.24, 2.45) is 0 Å². The molecular formula is C19H18F2N4O3. The average molecular weight is 388 g/mol. The molecular weight excluding hydrogens is 370 g/mol. The van der Waals surface area contributed by atoms with Crippen LogP contribution in [0.4, 0.5) is 8.78 Å². The number of nitrogens with zero attached hydrogens (tertiary/aromatic N) is 4. The number of benzene rings is 1. The average Bonchev–Trinajstić information content (AvgIpc) is 2.94. The molecule has 2 aromatic heterocycles. The molecule has 146 valence electrons. The van der Waals surface area contributed by atoms with Crippen molar-refractivity contribution in [2.45, 2.75) is 45.7 Å². The third-order valence-electron chi connectivity index (χ3n) is 4.92. The summed E-state index contributed by atoms with van der Waals surface area (Å²) in [5, 5.41) is 3.85. The van der Waals surface area contributed by atoms with Crippen LogP contribution in [0.15, 0.2) is 32.3 Å². The van der Waals surface area contributed by atoms with E-state index in [2.05, 4.69) is 10.1 Å². The quantitative estimate of drug-likeness (QED) is 0.688. The van der Waals surface area contributed by atoms with Crippen LogP contribution >= 0.6 is 0 Å². The van der Waals surface area contributed by atoms with Crippen LogP contribution in [0.5, 0.6) is 0 Å². The van der Waals surface area contributed by atoms with E-state index in [1.165, 1.54) is 4.57 Å². The first-order valence-electron chi connectivity index (χ1n) is 9.07. The molecule has 1 aliphatic rings. The maximum Gasteiger partial charge on any atom is 0.331 e. The van der Waals surface area contributed by atoms with Gasteiger partial charge in [0.1, 0.15) is 17.2 Å². The van der Waals surface area contributed by atoms with E-state index in [-0.39, 0.29) is 29.4 Å². The Morgan fingerprint density at radius 2 is 2.00 bits per heavy atom. The van der Waals surface area contributed by atoms with E-state index >= 15 is 0 Å². The van der Waals surface area contributed by atoms with Gasteiger partial charge in [0, 0.05) is 24.7 Å². The topological polar surface area (TPSA) is 82.9 Å². The van der Waals surface area contributed by atoms with Crippen LogP contribution in [-0.2, 0) is 19.5 Å². The van der Waals surface area contributed by atoms with Gasteiger partial charge in [0.25, 0.3) is 5.56 Å². The molecule has 0 spiro atoms. The fraction of sp³-hybridized carbons (Fsp3) is 0.368. The van der Waals surface area contributed by atoms with Gasteiger partial charge in [-0.25, -0.2) is 13.6 Å². The van der Waals surface area contributed by atoms with Crippen molar-refractivity contribution in [2.75, 3.05) is 0 Å². The van der Waals surface area contributed by atoms with Crippen LogP contribution in [0.1, 0.15) is 36.4 Å². The second kappa shape index (κ2) is 7.14. The van der Waals surface area contributed by atoms with Crippen LogP contribution in [-0.4, -0.2) is 19.3 Å². The Morgan fingerprint density at radius 3 is 2.75 bits per heavy atom. The highest BCUT2D eigenvalue weighted by Crippen LogP contribution is 2.22. The molecule has 1 aliphatic heterocycles. The smallest absolute Gasteiger partial charge is 0.331 e. The van der Waals surface area contributed by atoms with E-state index in [4.69, 9.17) is 4.52 Å². The highest BCUT2D eigenvalue weighted by Gasteiger charge is 2.25. The Hall–Kier alpha value is -3.10.